The van der Waals surface area contributed by atoms with Crippen LogP contribution in [0.3, 0.4) is 0 Å². The van der Waals surface area contributed by atoms with Crippen LogP contribution in [0.4, 0.5) is 0 Å². The van der Waals surface area contributed by atoms with Gasteiger partial charge in [0.05, 0.1) is 36.6 Å². The Hall–Kier alpha value is -2.25. The smallest absolute Gasteiger partial charge is 0.330 e. The van der Waals surface area contributed by atoms with Crippen molar-refractivity contribution in [2.24, 2.45) is 53.3 Å². The second kappa shape index (κ2) is 20.6. The molecule has 0 amide bonds. The molecule has 0 aromatic heterocycles. The third kappa shape index (κ3) is 11.5. The van der Waals surface area contributed by atoms with E-state index in [1.54, 1.807) is 20.8 Å². The van der Waals surface area contributed by atoms with Gasteiger partial charge >= 0.3 is 5.97 Å². The number of allylic oxidation sites excluding steroid dienone is 4. The summed E-state index contributed by atoms with van der Waals surface area (Å²) in [7, 11) is 0. The van der Waals surface area contributed by atoms with E-state index in [1.165, 1.54) is 39.8 Å². The van der Waals surface area contributed by atoms with Crippen LogP contribution in [-0.2, 0) is 28.6 Å². The summed E-state index contributed by atoms with van der Waals surface area (Å²) < 4.78 is 20.0. The van der Waals surface area contributed by atoms with Crippen molar-refractivity contribution in [1.29, 1.82) is 0 Å². The van der Waals surface area contributed by atoms with E-state index < -0.39 is 89.0 Å². The van der Waals surface area contributed by atoms with E-state index in [0.29, 0.717) is 25.7 Å². The quantitative estimate of drug-likeness (QED) is 0.216. The Balaban J connectivity index is 1.99. The maximum Gasteiger partial charge on any atom is 0.330 e. The third-order valence-corrected chi connectivity index (χ3v) is 13.4. The third-order valence-electron chi connectivity index (χ3n) is 13.4. The minimum Gasteiger partial charge on any atom is -0.458 e. The Morgan fingerprint density at radius 2 is 1.48 bits per heavy atom. The number of hydrogen-bond donors (Lipinski definition) is 5. The molecule has 11 heteroatoms. The van der Waals surface area contributed by atoms with E-state index in [-0.39, 0.29) is 35.9 Å². The van der Waals surface area contributed by atoms with Gasteiger partial charge in [-0.3, -0.25) is 9.59 Å². The van der Waals surface area contributed by atoms with Crippen LogP contribution >= 0.6 is 0 Å². The number of fused-ring (bicyclic) bond motifs is 2. The van der Waals surface area contributed by atoms with Crippen molar-refractivity contribution < 1.29 is 54.1 Å². The number of aliphatic hydroxyl groups is 5. The lowest BCUT2D eigenvalue weighted by atomic mass is 9.74. The molecule has 0 unspecified atom stereocenters. The molecule has 11 nitrogen and oxygen atoms in total. The summed E-state index contributed by atoms with van der Waals surface area (Å²) >= 11 is 0. The molecule has 0 aromatic rings. The van der Waals surface area contributed by atoms with E-state index >= 15 is 0 Å². The number of esters is 1. The molecule has 3 aliphatic heterocycles. The summed E-state index contributed by atoms with van der Waals surface area (Å²) in [5.74, 6) is -7.28. The van der Waals surface area contributed by atoms with Gasteiger partial charge < -0.3 is 39.7 Å². The largest absolute Gasteiger partial charge is 0.458 e. The first-order chi connectivity index (χ1) is 26.1. The van der Waals surface area contributed by atoms with Crippen molar-refractivity contribution in [2.75, 3.05) is 0 Å². The van der Waals surface area contributed by atoms with E-state index in [9.17, 15) is 39.9 Å². The summed E-state index contributed by atoms with van der Waals surface area (Å²) in [4.78, 5) is 40.5. The first kappa shape index (κ1) is 48.1. The molecule has 3 heterocycles. The van der Waals surface area contributed by atoms with Crippen LogP contribution in [0.5, 0.6) is 0 Å². The molecule has 3 aliphatic rings. The molecule has 18 atom stereocenters. The highest BCUT2D eigenvalue weighted by Gasteiger charge is 2.56. The van der Waals surface area contributed by atoms with Crippen LogP contribution in [0.2, 0.25) is 0 Å². The maximum absolute atomic E-state index is 13.5. The molecule has 320 valence electrons. The van der Waals surface area contributed by atoms with Crippen LogP contribution < -0.4 is 0 Å². The summed E-state index contributed by atoms with van der Waals surface area (Å²) in [5, 5.41) is 55.0. The van der Waals surface area contributed by atoms with E-state index in [4.69, 9.17) is 14.2 Å². The second-order valence-electron chi connectivity index (χ2n) is 18.0. The molecule has 2 bridgehead atoms. The predicted octanol–water partition coefficient (Wildman–Crippen LogP) is 5.88. The molecule has 3 rings (SSSR count). The zero-order valence-electron chi connectivity index (χ0n) is 35.8. The lowest BCUT2D eigenvalue weighted by molar-refractivity contribution is -0.371. The first-order valence-corrected chi connectivity index (χ1v) is 21.2. The number of rotatable bonds is 3. The summed E-state index contributed by atoms with van der Waals surface area (Å²) in [5.41, 5.74) is -2.18. The lowest BCUT2D eigenvalue weighted by Gasteiger charge is -2.55. The van der Waals surface area contributed by atoms with E-state index in [1.807, 2.05) is 32.1 Å². The molecule has 1 spiro atoms. The minimum atomic E-state index is -2.18. The zero-order valence-corrected chi connectivity index (χ0v) is 35.8. The summed E-state index contributed by atoms with van der Waals surface area (Å²) in [6, 6.07) is 0. The average molecular weight is 791 g/mol. The normalized spacial score (nSPS) is 46.8. The van der Waals surface area contributed by atoms with Crippen LogP contribution in [0.1, 0.15) is 121 Å². The molecule has 2 saturated heterocycles. The van der Waals surface area contributed by atoms with Crippen molar-refractivity contribution in [3.8, 4) is 0 Å². The second-order valence-corrected chi connectivity index (χ2v) is 18.0. The number of ether oxygens (including phenoxy) is 3. The topological polar surface area (TPSA) is 180 Å². The molecule has 2 fully saturated rings. The molecule has 56 heavy (non-hydrogen) atoms. The molecule has 0 saturated carbocycles. The molecule has 5 N–H and O–H groups in total. The van der Waals surface area contributed by atoms with E-state index in [0.717, 1.165) is 19.3 Å². The molecule has 0 radical (unpaired) electrons. The maximum atomic E-state index is 13.5. The Morgan fingerprint density at radius 3 is 2.11 bits per heavy atom. The summed E-state index contributed by atoms with van der Waals surface area (Å²) in [6.07, 6.45) is 9.62. The molecular formula is C45H74O11. The van der Waals surface area contributed by atoms with Gasteiger partial charge in [0.2, 0.25) is 0 Å². The minimum absolute atomic E-state index is 0.168. The van der Waals surface area contributed by atoms with Gasteiger partial charge in [-0.1, -0.05) is 92.7 Å². The van der Waals surface area contributed by atoms with E-state index in [2.05, 4.69) is 19.9 Å². The van der Waals surface area contributed by atoms with Crippen LogP contribution in [0.25, 0.3) is 0 Å². The summed E-state index contributed by atoms with van der Waals surface area (Å²) in [6.45, 7) is 19.1. The van der Waals surface area contributed by atoms with Gasteiger partial charge in [-0.2, -0.15) is 0 Å². The van der Waals surface area contributed by atoms with Gasteiger partial charge in [0.1, 0.15) is 17.5 Å². The number of Topliss-reactive ketones (excluding diaryl/α,β-unsaturated/α-hetero) is 2. The fourth-order valence-corrected chi connectivity index (χ4v) is 9.01. The average Bonchev–Trinajstić information content (AvgIpc) is 3.16. The Morgan fingerprint density at radius 1 is 0.839 bits per heavy atom. The number of carbonyl (C=O) groups excluding carboxylic acids is 3. The molecular weight excluding hydrogens is 716 g/mol. The predicted molar refractivity (Wildman–Crippen MR) is 215 cm³/mol. The molecule has 0 aromatic carbocycles. The highest BCUT2D eigenvalue weighted by molar-refractivity contribution is 5.91. The van der Waals surface area contributed by atoms with Crippen molar-refractivity contribution in [1.82, 2.24) is 0 Å². The van der Waals surface area contributed by atoms with Crippen molar-refractivity contribution in [2.45, 2.75) is 175 Å². The number of aliphatic hydroxyl groups excluding tert-OH is 4. The van der Waals surface area contributed by atoms with Gasteiger partial charge in [-0.15, -0.1) is 0 Å². The Bertz CT molecular complexity index is 1390. The Kier molecular flexibility index (Phi) is 17.7. The Labute approximate surface area is 336 Å². The fraction of sp³-hybridized carbons (Fsp3) is 0.800. The highest BCUT2D eigenvalue weighted by atomic mass is 16.7. The zero-order chi connectivity index (χ0) is 42.3. The van der Waals surface area contributed by atoms with Crippen molar-refractivity contribution in [3.05, 3.63) is 36.5 Å². The van der Waals surface area contributed by atoms with Gasteiger partial charge in [0.15, 0.2) is 11.6 Å². The van der Waals surface area contributed by atoms with Gasteiger partial charge in [0.25, 0.3) is 0 Å². The monoisotopic (exact) mass is 791 g/mol. The van der Waals surface area contributed by atoms with Gasteiger partial charge in [-0.25, -0.2) is 4.79 Å². The standard InChI is InChI=1S/C45H74O11/c1-12-34-17-15-13-14-16-27(4)42(51)44(11,53)43(52)32(9)40(50)31(8)39(49)30(7)38(48)26(3)18-21-37(47)54-41-29(6)35(20-19-34)55-45(33(41)10)23-22-25(2)36(56-45)24-28(5)46/h13-15,17-18,21,25-36,38,40-42,46,48,50-51,53H,12,16,19-20,22-24H2,1-11H3/b14-13+,17-15-,21-18+/t25-,26+,27-,28+,29+,30+,31+,32+,33+,34+,35+,36-,38+,40+,41-,42-,44-,45-/m0/s1. The van der Waals surface area contributed by atoms with Crippen molar-refractivity contribution in [3.63, 3.8) is 0 Å². The highest BCUT2D eigenvalue weighted by Crippen LogP contribution is 2.49. The lowest BCUT2D eigenvalue weighted by Crippen LogP contribution is -2.62. The van der Waals surface area contributed by atoms with Crippen LogP contribution in [-0.4, -0.2) is 97.2 Å². The molecule has 0 aliphatic carbocycles. The van der Waals surface area contributed by atoms with Crippen molar-refractivity contribution >= 4 is 17.5 Å². The number of ketones is 2. The fourth-order valence-electron chi connectivity index (χ4n) is 9.01. The van der Waals surface area contributed by atoms with Crippen LogP contribution in [0, 0.1) is 53.3 Å². The van der Waals surface area contributed by atoms with Gasteiger partial charge in [-0.05, 0) is 70.1 Å². The van der Waals surface area contributed by atoms with Crippen LogP contribution in [0.15, 0.2) is 36.5 Å². The first-order valence-electron chi connectivity index (χ1n) is 21.2. The van der Waals surface area contributed by atoms with Gasteiger partial charge in [0, 0.05) is 48.0 Å². The number of carbonyl (C=O) groups is 3. The number of hydrogen-bond acceptors (Lipinski definition) is 11. The SMILES string of the molecule is CC[C@@H]1/C=C\C=C\C[C@H](C)[C@H](O)[C@](C)(O)C(=O)[C@H](C)[C@H](O)[C@H](C)C(=O)[C@H](C)[C@H](O)[C@H](C)/C=C/C(=O)O[C@H]2[C@H](C)[C@@H](CC1)O[C@]1(CC[C@H](C)[C@H](C[C@@H](C)O)O1)[C@@H]2C.